The van der Waals surface area contributed by atoms with Crippen molar-refractivity contribution in [1.82, 2.24) is 19.6 Å². The minimum absolute atomic E-state index is 0.486. The predicted molar refractivity (Wildman–Crippen MR) is 66.4 cm³/mol. The van der Waals surface area contributed by atoms with Crippen LogP contribution in [0.2, 0.25) is 5.15 Å². The Hall–Kier alpha value is -1.36. The lowest BCUT2D eigenvalue weighted by molar-refractivity contribution is 0.753. The first-order chi connectivity index (χ1) is 8.25. The summed E-state index contributed by atoms with van der Waals surface area (Å²) in [5.74, 6) is 2.35. The highest BCUT2D eigenvalue weighted by molar-refractivity contribution is 6.30. The van der Waals surface area contributed by atoms with E-state index >= 15 is 0 Å². The van der Waals surface area contributed by atoms with E-state index in [0.717, 1.165) is 23.8 Å². The number of halogens is 1. The Morgan fingerprint density at radius 2 is 2.35 bits per heavy atom. The molecule has 0 amide bonds. The van der Waals surface area contributed by atoms with Crippen molar-refractivity contribution in [2.45, 2.75) is 26.2 Å². The highest BCUT2D eigenvalue weighted by Gasteiger charge is 2.20. The van der Waals surface area contributed by atoms with Gasteiger partial charge in [0.1, 0.15) is 17.3 Å². The molecule has 0 spiro atoms. The monoisotopic (exact) mass is 251 g/mol. The molecule has 90 valence electrons. The van der Waals surface area contributed by atoms with Crippen LogP contribution in [0.4, 0.5) is 5.82 Å². The summed E-state index contributed by atoms with van der Waals surface area (Å²) >= 11 is 6.07. The third-order valence-corrected chi connectivity index (χ3v) is 3.51. The zero-order chi connectivity index (χ0) is 11.8. The lowest BCUT2D eigenvalue weighted by atomic mass is 10.3. The molecule has 1 saturated carbocycles. The second-order valence-corrected chi connectivity index (χ2v) is 4.86. The molecule has 6 heteroatoms. The zero-order valence-corrected chi connectivity index (χ0v) is 10.4. The standard InChI is InChI=1S/C11H14ClN5/c1-7-9(12)16-11-14-6-15-17(11)10(7)13-5-4-8-2-3-8/h6,8,13H,2-5H2,1H3. The molecule has 2 aromatic heterocycles. The molecule has 0 saturated heterocycles. The Balaban J connectivity index is 1.88. The largest absolute Gasteiger partial charge is 0.370 e. The topological polar surface area (TPSA) is 55.1 Å². The van der Waals surface area contributed by atoms with Crippen molar-refractivity contribution < 1.29 is 0 Å². The molecule has 5 nitrogen and oxygen atoms in total. The number of rotatable bonds is 4. The van der Waals surface area contributed by atoms with Crippen molar-refractivity contribution >= 4 is 23.2 Å². The number of fused-ring (bicyclic) bond motifs is 1. The van der Waals surface area contributed by atoms with Crippen molar-refractivity contribution in [1.29, 1.82) is 0 Å². The van der Waals surface area contributed by atoms with Crippen molar-refractivity contribution in [3.63, 3.8) is 0 Å². The molecule has 0 aromatic carbocycles. The quantitative estimate of drug-likeness (QED) is 0.848. The highest BCUT2D eigenvalue weighted by atomic mass is 35.5. The van der Waals surface area contributed by atoms with Gasteiger partial charge in [-0.2, -0.15) is 19.6 Å². The second kappa shape index (κ2) is 4.14. The molecule has 1 aliphatic rings. The molecule has 1 aliphatic carbocycles. The molecule has 1 fully saturated rings. The number of hydrogen-bond donors (Lipinski definition) is 1. The third-order valence-electron chi connectivity index (χ3n) is 3.15. The molecule has 3 rings (SSSR count). The van der Waals surface area contributed by atoms with E-state index in [0.29, 0.717) is 10.9 Å². The molecule has 0 aliphatic heterocycles. The Morgan fingerprint density at radius 1 is 1.53 bits per heavy atom. The van der Waals surface area contributed by atoms with Crippen LogP contribution in [0, 0.1) is 12.8 Å². The summed E-state index contributed by atoms with van der Waals surface area (Å²) in [4.78, 5) is 8.22. The van der Waals surface area contributed by atoms with E-state index < -0.39 is 0 Å². The molecule has 1 N–H and O–H groups in total. The number of aromatic nitrogens is 4. The van der Waals surface area contributed by atoms with Crippen LogP contribution in [0.3, 0.4) is 0 Å². The first-order valence-electron chi connectivity index (χ1n) is 5.85. The molecule has 0 bridgehead atoms. The van der Waals surface area contributed by atoms with Crippen molar-refractivity contribution in [3.8, 4) is 0 Å². The summed E-state index contributed by atoms with van der Waals surface area (Å²) in [5, 5.41) is 8.03. The van der Waals surface area contributed by atoms with Gasteiger partial charge in [0.2, 0.25) is 0 Å². The van der Waals surface area contributed by atoms with E-state index in [1.54, 1.807) is 4.52 Å². The van der Waals surface area contributed by atoms with Gasteiger partial charge >= 0.3 is 0 Å². The Morgan fingerprint density at radius 3 is 3.12 bits per heavy atom. The molecule has 2 aromatic rings. The van der Waals surface area contributed by atoms with Crippen LogP contribution < -0.4 is 5.32 Å². The van der Waals surface area contributed by atoms with Gasteiger partial charge in [-0.15, -0.1) is 0 Å². The van der Waals surface area contributed by atoms with Crippen molar-refractivity contribution in [3.05, 3.63) is 17.0 Å². The maximum absolute atomic E-state index is 6.07. The number of anilines is 1. The Bertz CT molecular complexity index is 546. The minimum Gasteiger partial charge on any atom is -0.370 e. The van der Waals surface area contributed by atoms with Gasteiger partial charge in [0.15, 0.2) is 0 Å². The summed E-state index contributed by atoms with van der Waals surface area (Å²) in [5.41, 5.74) is 0.917. The molecule has 17 heavy (non-hydrogen) atoms. The lowest BCUT2D eigenvalue weighted by Gasteiger charge is -2.11. The van der Waals surface area contributed by atoms with E-state index in [1.807, 2.05) is 6.92 Å². The van der Waals surface area contributed by atoms with Crippen LogP contribution >= 0.6 is 11.6 Å². The minimum atomic E-state index is 0.486. The van der Waals surface area contributed by atoms with E-state index in [2.05, 4.69) is 20.4 Å². The van der Waals surface area contributed by atoms with E-state index in [4.69, 9.17) is 11.6 Å². The zero-order valence-electron chi connectivity index (χ0n) is 9.65. The lowest BCUT2D eigenvalue weighted by Crippen LogP contribution is -2.10. The molecule has 0 unspecified atom stereocenters. The second-order valence-electron chi connectivity index (χ2n) is 4.51. The van der Waals surface area contributed by atoms with Crippen molar-refractivity contribution in [2.75, 3.05) is 11.9 Å². The average Bonchev–Trinajstić information content (AvgIpc) is 3.02. The molecule has 0 atom stereocenters. The van der Waals surface area contributed by atoms with Gasteiger partial charge in [-0.25, -0.2) is 0 Å². The SMILES string of the molecule is Cc1c(Cl)nc2ncnn2c1NCCC1CC1. The fourth-order valence-corrected chi connectivity index (χ4v) is 2.07. The third kappa shape index (κ3) is 2.07. The van der Waals surface area contributed by atoms with Crippen molar-refractivity contribution in [2.24, 2.45) is 5.92 Å². The summed E-state index contributed by atoms with van der Waals surface area (Å²) in [7, 11) is 0. The van der Waals surface area contributed by atoms with Crippen LogP contribution in [0.1, 0.15) is 24.8 Å². The van der Waals surface area contributed by atoms with Gasteiger partial charge in [-0.05, 0) is 19.3 Å². The fraction of sp³-hybridized carbons (Fsp3) is 0.545. The summed E-state index contributed by atoms with van der Waals surface area (Å²) in [6.45, 7) is 2.89. The Kier molecular flexibility index (Phi) is 2.63. The van der Waals surface area contributed by atoms with Gasteiger partial charge < -0.3 is 5.32 Å². The summed E-state index contributed by atoms with van der Waals surface area (Å²) in [6.07, 6.45) is 5.44. The van der Waals surface area contributed by atoms with Gasteiger partial charge in [0, 0.05) is 12.1 Å². The smallest absolute Gasteiger partial charge is 0.255 e. The first-order valence-corrected chi connectivity index (χ1v) is 6.23. The highest BCUT2D eigenvalue weighted by Crippen LogP contribution is 2.32. The summed E-state index contributed by atoms with van der Waals surface area (Å²) < 4.78 is 1.70. The summed E-state index contributed by atoms with van der Waals surface area (Å²) in [6, 6.07) is 0. The number of nitrogens with zero attached hydrogens (tertiary/aromatic N) is 4. The maximum Gasteiger partial charge on any atom is 0.255 e. The van der Waals surface area contributed by atoms with Gasteiger partial charge in [0.05, 0.1) is 0 Å². The average molecular weight is 252 g/mol. The van der Waals surface area contributed by atoms with Crippen LogP contribution in [0.5, 0.6) is 0 Å². The van der Waals surface area contributed by atoms with Crippen LogP contribution in [-0.2, 0) is 0 Å². The first kappa shape index (κ1) is 10.8. The van der Waals surface area contributed by atoms with Crippen LogP contribution in [0.15, 0.2) is 6.33 Å². The molecular weight excluding hydrogens is 238 g/mol. The molecule has 0 radical (unpaired) electrons. The normalized spacial score (nSPS) is 15.4. The fourth-order valence-electron chi connectivity index (χ4n) is 1.91. The van der Waals surface area contributed by atoms with E-state index in [-0.39, 0.29) is 0 Å². The van der Waals surface area contributed by atoms with E-state index in [1.165, 1.54) is 25.6 Å². The molecule has 2 heterocycles. The van der Waals surface area contributed by atoms with Gasteiger partial charge in [-0.1, -0.05) is 24.4 Å². The van der Waals surface area contributed by atoms with Gasteiger partial charge in [-0.3, -0.25) is 0 Å². The number of nitrogens with one attached hydrogen (secondary N) is 1. The van der Waals surface area contributed by atoms with E-state index in [9.17, 15) is 0 Å². The molecular formula is C11H14ClN5. The van der Waals surface area contributed by atoms with Crippen LogP contribution in [0.25, 0.3) is 5.78 Å². The Labute approximate surface area is 104 Å². The maximum atomic E-state index is 6.07. The van der Waals surface area contributed by atoms with Crippen LogP contribution in [-0.4, -0.2) is 26.1 Å². The predicted octanol–water partition coefficient (Wildman–Crippen LogP) is 2.30. The number of hydrogen-bond acceptors (Lipinski definition) is 4. The van der Waals surface area contributed by atoms with Gasteiger partial charge in [0.25, 0.3) is 5.78 Å².